The summed E-state index contributed by atoms with van der Waals surface area (Å²) in [5.41, 5.74) is 5.78. The second kappa shape index (κ2) is 5.77. The molecule has 0 aliphatic rings. The van der Waals surface area contributed by atoms with Crippen LogP contribution in [0.4, 0.5) is 10.1 Å². The highest BCUT2D eigenvalue weighted by atomic mass is 35.5. The highest BCUT2D eigenvalue weighted by Gasteiger charge is 2.16. The number of hydrogen-bond acceptors (Lipinski definition) is 4. The van der Waals surface area contributed by atoms with E-state index in [-0.39, 0.29) is 22.5 Å². The summed E-state index contributed by atoms with van der Waals surface area (Å²) in [5, 5.41) is 0.0318. The average Bonchev–Trinajstić information content (AvgIpc) is 2.36. The maximum atomic E-state index is 13.4. The lowest BCUT2D eigenvalue weighted by Gasteiger charge is -2.21. The molecular weight excluding hydrogens is 295 g/mol. The monoisotopic (exact) mass is 310 g/mol. The van der Waals surface area contributed by atoms with E-state index in [1.807, 2.05) is 20.8 Å². The lowest BCUT2D eigenvalue weighted by molar-refractivity contribution is 0.124. The van der Waals surface area contributed by atoms with Crippen molar-refractivity contribution in [2.45, 2.75) is 26.4 Å². The molecule has 0 saturated heterocycles. The van der Waals surface area contributed by atoms with E-state index in [1.165, 1.54) is 12.1 Å². The highest BCUT2D eigenvalue weighted by Crippen LogP contribution is 2.29. The molecule has 21 heavy (non-hydrogen) atoms. The molecule has 1 aromatic heterocycles. The van der Waals surface area contributed by atoms with Crippen LogP contribution in [0, 0.1) is 5.82 Å². The molecule has 0 aliphatic carbocycles. The van der Waals surface area contributed by atoms with Gasteiger partial charge in [0.05, 0.1) is 10.7 Å². The number of nitrogen functional groups attached to an aromatic ring is 1. The Morgan fingerprint density at radius 3 is 2.52 bits per heavy atom. The quantitative estimate of drug-likeness (QED) is 0.911. The van der Waals surface area contributed by atoms with Crippen LogP contribution in [0.3, 0.4) is 0 Å². The summed E-state index contributed by atoms with van der Waals surface area (Å²) >= 11 is 5.62. The van der Waals surface area contributed by atoms with Crippen molar-refractivity contribution in [2.75, 3.05) is 5.73 Å². The molecule has 2 rings (SSSR count). The molecule has 0 amide bonds. The molecule has 0 spiro atoms. The average molecular weight is 311 g/mol. The number of anilines is 1. The van der Waals surface area contributed by atoms with Gasteiger partial charge in [-0.3, -0.25) is 0 Å². The largest absolute Gasteiger partial charge is 0.470 e. The Balaban J connectivity index is 2.24. The third-order valence-corrected chi connectivity index (χ3v) is 2.69. The zero-order valence-corrected chi connectivity index (χ0v) is 12.7. The van der Waals surface area contributed by atoms with E-state index >= 15 is 0 Å². The Morgan fingerprint density at radius 2 is 1.90 bits per heavy atom. The third kappa shape index (κ3) is 4.23. The number of hydrogen-bond donors (Lipinski definition) is 1. The number of ether oxygens (including phenoxy) is 2. The molecule has 2 N–H and O–H groups in total. The molecule has 1 aromatic carbocycles. The predicted octanol–water partition coefficient (Wildman–Crippen LogP) is 4.43. The van der Waals surface area contributed by atoms with Crippen molar-refractivity contribution >= 4 is 17.3 Å². The molecule has 2 aromatic rings. The molecule has 0 fully saturated rings. The van der Waals surface area contributed by atoms with Crippen LogP contribution in [0.5, 0.6) is 17.5 Å². The van der Waals surface area contributed by atoms with Gasteiger partial charge in [-0.05, 0) is 39.0 Å². The predicted molar refractivity (Wildman–Crippen MR) is 80.5 cm³/mol. The van der Waals surface area contributed by atoms with Crippen molar-refractivity contribution in [3.05, 3.63) is 41.2 Å². The summed E-state index contributed by atoms with van der Waals surface area (Å²) in [7, 11) is 0. The van der Waals surface area contributed by atoms with Gasteiger partial charge < -0.3 is 15.2 Å². The van der Waals surface area contributed by atoms with Gasteiger partial charge >= 0.3 is 0 Å². The van der Waals surface area contributed by atoms with Crippen LogP contribution >= 0.6 is 11.6 Å². The number of nitrogens with zero attached hydrogens (tertiary/aromatic N) is 1. The van der Waals surface area contributed by atoms with Gasteiger partial charge in [0.2, 0.25) is 11.8 Å². The first kappa shape index (κ1) is 15.4. The standard InChI is InChI=1S/C15H16ClFN2O2/c1-15(2,3)21-14-12(18)6-7-13(19-14)20-9-4-5-10(16)11(17)8-9/h4-8H,18H2,1-3H3. The van der Waals surface area contributed by atoms with Gasteiger partial charge in [-0.15, -0.1) is 0 Å². The first-order valence-electron chi connectivity index (χ1n) is 6.33. The summed E-state index contributed by atoms with van der Waals surface area (Å²) in [6.45, 7) is 5.66. The number of halogens is 2. The number of benzene rings is 1. The Bertz CT molecular complexity index is 657. The molecule has 112 valence electrons. The van der Waals surface area contributed by atoms with Crippen LogP contribution in [0.15, 0.2) is 30.3 Å². The van der Waals surface area contributed by atoms with E-state index in [0.29, 0.717) is 5.69 Å². The van der Waals surface area contributed by atoms with Crippen LogP contribution in [-0.4, -0.2) is 10.6 Å². The zero-order chi connectivity index (χ0) is 15.6. The Morgan fingerprint density at radius 1 is 1.19 bits per heavy atom. The van der Waals surface area contributed by atoms with Crippen LogP contribution in [0.25, 0.3) is 0 Å². The normalized spacial score (nSPS) is 11.3. The van der Waals surface area contributed by atoms with E-state index in [1.54, 1.807) is 18.2 Å². The van der Waals surface area contributed by atoms with Gasteiger partial charge in [0.15, 0.2) is 0 Å². The Kier molecular flexibility index (Phi) is 4.23. The van der Waals surface area contributed by atoms with Gasteiger partial charge in [-0.25, -0.2) is 4.39 Å². The smallest absolute Gasteiger partial charge is 0.241 e. The highest BCUT2D eigenvalue weighted by molar-refractivity contribution is 6.30. The van der Waals surface area contributed by atoms with Crippen molar-refractivity contribution < 1.29 is 13.9 Å². The molecule has 4 nitrogen and oxygen atoms in total. The molecule has 0 bridgehead atoms. The lowest BCUT2D eigenvalue weighted by atomic mass is 10.2. The number of pyridine rings is 1. The number of rotatable bonds is 3. The maximum Gasteiger partial charge on any atom is 0.241 e. The number of aromatic nitrogens is 1. The van der Waals surface area contributed by atoms with Gasteiger partial charge in [0.25, 0.3) is 0 Å². The fraction of sp³-hybridized carbons (Fsp3) is 0.267. The lowest BCUT2D eigenvalue weighted by Crippen LogP contribution is -2.24. The molecule has 6 heteroatoms. The summed E-state index contributed by atoms with van der Waals surface area (Å²) in [4.78, 5) is 4.18. The van der Waals surface area contributed by atoms with Gasteiger partial charge in [-0.1, -0.05) is 11.6 Å². The molecule has 0 atom stereocenters. The molecule has 0 saturated carbocycles. The number of nitrogens with two attached hydrogens (primary N) is 1. The van der Waals surface area contributed by atoms with Gasteiger partial charge in [-0.2, -0.15) is 4.98 Å². The topological polar surface area (TPSA) is 57.4 Å². The fourth-order valence-corrected chi connectivity index (χ4v) is 1.64. The summed E-state index contributed by atoms with van der Waals surface area (Å²) in [5.74, 6) is 0.256. The molecule has 0 unspecified atom stereocenters. The van der Waals surface area contributed by atoms with Gasteiger partial charge in [0, 0.05) is 12.1 Å². The third-order valence-electron chi connectivity index (χ3n) is 2.38. The molecule has 0 radical (unpaired) electrons. The van der Waals surface area contributed by atoms with E-state index in [0.717, 1.165) is 0 Å². The van der Waals surface area contributed by atoms with E-state index < -0.39 is 11.4 Å². The van der Waals surface area contributed by atoms with Crippen LogP contribution < -0.4 is 15.2 Å². The SMILES string of the molecule is CC(C)(C)Oc1nc(Oc2ccc(Cl)c(F)c2)ccc1N. The Hall–Kier alpha value is -2.01. The minimum Gasteiger partial charge on any atom is -0.470 e. The van der Waals surface area contributed by atoms with Crippen LogP contribution in [0.2, 0.25) is 5.02 Å². The molecule has 1 heterocycles. The van der Waals surface area contributed by atoms with Crippen LogP contribution in [-0.2, 0) is 0 Å². The van der Waals surface area contributed by atoms with E-state index in [2.05, 4.69) is 4.98 Å². The van der Waals surface area contributed by atoms with Gasteiger partial charge in [0.1, 0.15) is 17.2 Å². The molecular formula is C15H16ClFN2O2. The van der Waals surface area contributed by atoms with Crippen molar-refractivity contribution in [3.8, 4) is 17.5 Å². The first-order valence-corrected chi connectivity index (χ1v) is 6.71. The van der Waals surface area contributed by atoms with Crippen molar-refractivity contribution in [1.29, 1.82) is 0 Å². The fourth-order valence-electron chi connectivity index (χ4n) is 1.52. The summed E-state index contributed by atoms with van der Waals surface area (Å²) in [6, 6.07) is 7.35. The van der Waals surface area contributed by atoms with Crippen LogP contribution in [0.1, 0.15) is 20.8 Å². The van der Waals surface area contributed by atoms with E-state index in [4.69, 9.17) is 26.8 Å². The van der Waals surface area contributed by atoms with Crippen molar-refractivity contribution in [1.82, 2.24) is 4.98 Å². The minimum absolute atomic E-state index is 0.0318. The summed E-state index contributed by atoms with van der Waals surface area (Å²) in [6.07, 6.45) is 0. The second-order valence-corrected chi connectivity index (χ2v) is 5.84. The first-order chi connectivity index (χ1) is 9.74. The summed E-state index contributed by atoms with van der Waals surface area (Å²) < 4.78 is 24.5. The Labute approximate surface area is 127 Å². The molecule has 0 aliphatic heterocycles. The second-order valence-electron chi connectivity index (χ2n) is 5.44. The van der Waals surface area contributed by atoms with E-state index in [9.17, 15) is 4.39 Å². The zero-order valence-electron chi connectivity index (χ0n) is 12.0. The maximum absolute atomic E-state index is 13.4. The van der Waals surface area contributed by atoms with Crippen molar-refractivity contribution in [2.24, 2.45) is 0 Å². The minimum atomic E-state index is -0.559. The van der Waals surface area contributed by atoms with Crippen molar-refractivity contribution in [3.63, 3.8) is 0 Å².